The molecule has 2 aromatic heterocycles. The molecule has 7 heteroatoms. The number of hydrogen-bond donors (Lipinski definition) is 2. The number of thiophene rings is 1. The first-order chi connectivity index (χ1) is 10.2. The predicted molar refractivity (Wildman–Crippen MR) is 80.5 cm³/mol. The second kappa shape index (κ2) is 5.45. The predicted octanol–water partition coefficient (Wildman–Crippen LogP) is 2.41. The first kappa shape index (κ1) is 13.4. The van der Waals surface area contributed by atoms with E-state index >= 15 is 0 Å². The van der Waals surface area contributed by atoms with Crippen molar-refractivity contribution in [3.05, 3.63) is 41.1 Å². The fourth-order valence-electron chi connectivity index (χ4n) is 1.97. The third-order valence-corrected chi connectivity index (χ3v) is 4.22. The third kappa shape index (κ3) is 2.55. The van der Waals surface area contributed by atoms with Gasteiger partial charge in [0.1, 0.15) is 10.6 Å². The Kier molecular flexibility index (Phi) is 3.49. The normalized spacial score (nSPS) is 10.7. The lowest BCUT2D eigenvalue weighted by Gasteiger charge is -2.01. The van der Waals surface area contributed by atoms with E-state index in [4.69, 9.17) is 15.0 Å². The smallest absolute Gasteiger partial charge is 0.263 e. The molecule has 1 amide bonds. The number of aromatic nitrogens is 1. The van der Waals surface area contributed by atoms with Crippen LogP contribution in [0, 0.1) is 0 Å². The van der Waals surface area contributed by atoms with E-state index in [-0.39, 0.29) is 12.5 Å². The van der Waals surface area contributed by atoms with Gasteiger partial charge >= 0.3 is 0 Å². The highest BCUT2D eigenvalue weighted by Gasteiger charge is 2.17. The van der Waals surface area contributed by atoms with E-state index in [1.54, 1.807) is 13.2 Å². The van der Waals surface area contributed by atoms with Crippen LogP contribution in [-0.4, -0.2) is 18.2 Å². The second-order valence-corrected chi connectivity index (χ2v) is 5.42. The van der Waals surface area contributed by atoms with E-state index in [0.717, 1.165) is 15.8 Å². The van der Waals surface area contributed by atoms with Crippen LogP contribution in [0.2, 0.25) is 0 Å². The van der Waals surface area contributed by atoms with Gasteiger partial charge < -0.3 is 20.3 Å². The van der Waals surface area contributed by atoms with Crippen LogP contribution in [0.4, 0.5) is 5.69 Å². The van der Waals surface area contributed by atoms with Crippen LogP contribution < -0.4 is 15.8 Å². The van der Waals surface area contributed by atoms with Crippen LogP contribution in [0.5, 0.6) is 5.75 Å². The Bertz CT molecular complexity index is 780. The summed E-state index contributed by atoms with van der Waals surface area (Å²) in [5.74, 6) is 1.09. The molecule has 0 aliphatic heterocycles. The molecule has 3 aromatic rings. The summed E-state index contributed by atoms with van der Waals surface area (Å²) in [4.78, 5) is 12.7. The Morgan fingerprint density at radius 1 is 1.48 bits per heavy atom. The molecule has 3 rings (SSSR count). The van der Waals surface area contributed by atoms with E-state index in [1.165, 1.54) is 17.5 Å². The van der Waals surface area contributed by atoms with Gasteiger partial charge in [0, 0.05) is 16.2 Å². The van der Waals surface area contributed by atoms with E-state index in [1.807, 2.05) is 18.2 Å². The Morgan fingerprint density at radius 2 is 2.33 bits per heavy atom. The molecule has 0 radical (unpaired) electrons. The number of methoxy groups -OCH3 is 1. The van der Waals surface area contributed by atoms with Crippen molar-refractivity contribution in [1.82, 2.24) is 10.5 Å². The van der Waals surface area contributed by atoms with Crippen molar-refractivity contribution in [2.45, 2.75) is 6.54 Å². The van der Waals surface area contributed by atoms with E-state index in [9.17, 15) is 4.79 Å². The molecule has 0 aliphatic rings. The fourth-order valence-corrected chi connectivity index (χ4v) is 3.04. The van der Waals surface area contributed by atoms with Crippen molar-refractivity contribution in [3.63, 3.8) is 0 Å². The molecule has 0 bridgehead atoms. The lowest BCUT2D eigenvalue weighted by atomic mass is 10.2. The minimum atomic E-state index is -0.232. The zero-order valence-electron chi connectivity index (χ0n) is 11.3. The lowest BCUT2D eigenvalue weighted by Crippen LogP contribution is -2.22. The summed E-state index contributed by atoms with van der Waals surface area (Å²) in [5.41, 5.74) is 6.53. The number of nitrogens with zero attached hydrogens (tertiary/aromatic N) is 1. The van der Waals surface area contributed by atoms with E-state index < -0.39 is 0 Å². The van der Waals surface area contributed by atoms with Crippen molar-refractivity contribution >= 4 is 33.0 Å². The topological polar surface area (TPSA) is 90.4 Å². The standard InChI is InChI=1S/C14H13N3O3S/c1-19-8-2-3-10-11(6-8)21-13(12(10)15)14(18)16-7-9-4-5-17-20-9/h2-6H,7,15H2,1H3,(H,16,18). The Hall–Kier alpha value is -2.54. The minimum Gasteiger partial charge on any atom is -0.497 e. The maximum atomic E-state index is 12.2. The highest BCUT2D eigenvalue weighted by atomic mass is 32.1. The maximum Gasteiger partial charge on any atom is 0.263 e. The Labute approximate surface area is 124 Å². The van der Waals surface area contributed by atoms with Crippen LogP contribution in [0.1, 0.15) is 15.4 Å². The molecule has 108 valence electrons. The monoisotopic (exact) mass is 303 g/mol. The first-order valence-electron chi connectivity index (χ1n) is 6.23. The third-order valence-electron chi connectivity index (χ3n) is 3.06. The average Bonchev–Trinajstić information content (AvgIpc) is 3.12. The fraction of sp³-hybridized carbons (Fsp3) is 0.143. The van der Waals surface area contributed by atoms with E-state index in [2.05, 4.69) is 10.5 Å². The van der Waals surface area contributed by atoms with Crippen LogP contribution in [0.3, 0.4) is 0 Å². The molecule has 2 heterocycles. The van der Waals surface area contributed by atoms with Crippen molar-refractivity contribution < 1.29 is 14.1 Å². The summed E-state index contributed by atoms with van der Waals surface area (Å²) in [6.45, 7) is 0.274. The highest BCUT2D eigenvalue weighted by Crippen LogP contribution is 2.35. The number of carbonyl (C=O) groups is 1. The number of benzene rings is 1. The zero-order valence-corrected chi connectivity index (χ0v) is 12.1. The van der Waals surface area contributed by atoms with Gasteiger partial charge in [0.2, 0.25) is 0 Å². The molecule has 0 saturated carbocycles. The summed E-state index contributed by atoms with van der Waals surface area (Å²) in [7, 11) is 1.60. The van der Waals surface area contributed by atoms with Gasteiger partial charge in [-0.3, -0.25) is 4.79 Å². The number of fused-ring (bicyclic) bond motifs is 1. The van der Waals surface area contributed by atoms with Crippen molar-refractivity contribution in [1.29, 1.82) is 0 Å². The number of nitrogens with two attached hydrogens (primary N) is 1. The summed E-state index contributed by atoms with van der Waals surface area (Å²) in [6.07, 6.45) is 1.53. The molecule has 0 atom stereocenters. The number of amides is 1. The maximum absolute atomic E-state index is 12.2. The van der Waals surface area contributed by atoms with Gasteiger partial charge in [-0.05, 0) is 18.2 Å². The number of ether oxygens (including phenoxy) is 1. The van der Waals surface area contributed by atoms with Crippen LogP contribution in [0.15, 0.2) is 35.0 Å². The quantitative estimate of drug-likeness (QED) is 0.772. The molecule has 0 aliphatic carbocycles. The van der Waals surface area contributed by atoms with Crippen LogP contribution in [0.25, 0.3) is 10.1 Å². The van der Waals surface area contributed by atoms with Gasteiger partial charge in [0.15, 0.2) is 5.76 Å². The van der Waals surface area contributed by atoms with Gasteiger partial charge in [-0.2, -0.15) is 0 Å². The Balaban J connectivity index is 1.85. The summed E-state index contributed by atoms with van der Waals surface area (Å²) in [5, 5.41) is 7.19. The van der Waals surface area contributed by atoms with E-state index in [0.29, 0.717) is 16.3 Å². The van der Waals surface area contributed by atoms with Crippen molar-refractivity contribution in [3.8, 4) is 5.75 Å². The molecule has 21 heavy (non-hydrogen) atoms. The lowest BCUT2D eigenvalue weighted by molar-refractivity contribution is 0.0952. The molecular weight excluding hydrogens is 290 g/mol. The summed E-state index contributed by atoms with van der Waals surface area (Å²) >= 11 is 1.34. The Morgan fingerprint density at radius 3 is 3.05 bits per heavy atom. The summed E-state index contributed by atoms with van der Waals surface area (Å²) < 4.78 is 11.0. The zero-order chi connectivity index (χ0) is 14.8. The number of rotatable bonds is 4. The highest BCUT2D eigenvalue weighted by molar-refractivity contribution is 7.21. The largest absolute Gasteiger partial charge is 0.497 e. The van der Waals surface area contributed by atoms with Crippen LogP contribution >= 0.6 is 11.3 Å². The van der Waals surface area contributed by atoms with Crippen molar-refractivity contribution in [2.24, 2.45) is 0 Å². The molecule has 0 fully saturated rings. The van der Waals surface area contributed by atoms with Gasteiger partial charge in [-0.1, -0.05) is 5.16 Å². The molecule has 1 aromatic carbocycles. The molecular formula is C14H13N3O3S. The molecule has 0 unspecified atom stereocenters. The number of nitrogen functional groups attached to an aromatic ring is 1. The van der Waals surface area contributed by atoms with Crippen molar-refractivity contribution in [2.75, 3.05) is 12.8 Å². The minimum absolute atomic E-state index is 0.232. The van der Waals surface area contributed by atoms with Gasteiger partial charge in [-0.25, -0.2) is 0 Å². The first-order valence-corrected chi connectivity index (χ1v) is 7.04. The molecule has 3 N–H and O–H groups in total. The molecule has 0 spiro atoms. The van der Waals surface area contributed by atoms with Gasteiger partial charge in [0.25, 0.3) is 5.91 Å². The number of anilines is 1. The number of carbonyl (C=O) groups excluding carboxylic acids is 1. The SMILES string of the molecule is COc1ccc2c(N)c(C(=O)NCc3ccno3)sc2c1. The van der Waals surface area contributed by atoms with Crippen LogP contribution in [-0.2, 0) is 6.54 Å². The number of hydrogen-bond acceptors (Lipinski definition) is 6. The average molecular weight is 303 g/mol. The molecule has 6 nitrogen and oxygen atoms in total. The molecule has 0 saturated heterocycles. The second-order valence-electron chi connectivity index (χ2n) is 4.37. The number of nitrogens with one attached hydrogen (secondary N) is 1. The summed E-state index contributed by atoms with van der Waals surface area (Å²) in [6, 6.07) is 7.23. The van der Waals surface area contributed by atoms with Gasteiger partial charge in [0.05, 0.1) is 25.5 Å². The van der Waals surface area contributed by atoms with Gasteiger partial charge in [-0.15, -0.1) is 11.3 Å².